The molecule has 0 aromatic heterocycles. The van der Waals surface area contributed by atoms with Crippen molar-refractivity contribution in [2.24, 2.45) is 11.7 Å². The number of halogens is 2. The van der Waals surface area contributed by atoms with Gasteiger partial charge in [0.25, 0.3) is 0 Å². The second kappa shape index (κ2) is 4.61. The third kappa shape index (κ3) is 2.27. The maximum absolute atomic E-state index is 13.9. The van der Waals surface area contributed by atoms with Crippen LogP contribution in [0.3, 0.4) is 0 Å². The summed E-state index contributed by atoms with van der Waals surface area (Å²) in [5.41, 5.74) is 5.88. The van der Waals surface area contributed by atoms with Gasteiger partial charge in [0.05, 0.1) is 5.69 Å². The standard InChI is InChI=1S/C13H18F2N2/c1-8(9-3-4-9)17(2)11-6-5-10(7-16)12(14)13(11)15/h5-6,8-9H,3-4,7,16H2,1-2H3. The Balaban J connectivity index is 2.28. The van der Waals surface area contributed by atoms with Crippen molar-refractivity contribution in [1.29, 1.82) is 0 Å². The molecule has 0 radical (unpaired) electrons. The third-order valence-electron chi connectivity index (χ3n) is 3.66. The summed E-state index contributed by atoms with van der Waals surface area (Å²) in [6.45, 7) is 2.07. The molecule has 0 saturated heterocycles. The highest BCUT2D eigenvalue weighted by Crippen LogP contribution is 2.37. The molecule has 2 rings (SSSR count). The second-order valence-corrected chi connectivity index (χ2v) is 4.76. The topological polar surface area (TPSA) is 29.3 Å². The van der Waals surface area contributed by atoms with E-state index in [9.17, 15) is 8.78 Å². The van der Waals surface area contributed by atoms with Gasteiger partial charge in [0.15, 0.2) is 11.6 Å². The van der Waals surface area contributed by atoms with Crippen LogP contribution >= 0.6 is 0 Å². The zero-order valence-corrected chi connectivity index (χ0v) is 10.2. The normalized spacial score (nSPS) is 17.0. The van der Waals surface area contributed by atoms with E-state index in [4.69, 9.17) is 5.73 Å². The van der Waals surface area contributed by atoms with E-state index in [2.05, 4.69) is 0 Å². The van der Waals surface area contributed by atoms with Gasteiger partial charge >= 0.3 is 0 Å². The Hall–Kier alpha value is -1.16. The first-order valence-electron chi connectivity index (χ1n) is 5.96. The number of nitrogens with zero attached hydrogens (tertiary/aromatic N) is 1. The molecule has 1 aliphatic carbocycles. The first-order valence-corrected chi connectivity index (χ1v) is 5.96. The van der Waals surface area contributed by atoms with Gasteiger partial charge < -0.3 is 10.6 Å². The molecule has 1 unspecified atom stereocenters. The van der Waals surface area contributed by atoms with Gasteiger partial charge in [-0.15, -0.1) is 0 Å². The molecule has 1 saturated carbocycles. The molecule has 2 N–H and O–H groups in total. The average molecular weight is 240 g/mol. The SMILES string of the molecule is CC(C1CC1)N(C)c1ccc(CN)c(F)c1F. The predicted octanol–water partition coefficient (Wildman–Crippen LogP) is 2.66. The first-order chi connectivity index (χ1) is 8.06. The lowest BCUT2D eigenvalue weighted by molar-refractivity contribution is 0.492. The van der Waals surface area contributed by atoms with Gasteiger partial charge in [-0.2, -0.15) is 0 Å². The molecule has 0 heterocycles. The van der Waals surface area contributed by atoms with Crippen molar-refractivity contribution in [1.82, 2.24) is 0 Å². The van der Waals surface area contributed by atoms with E-state index >= 15 is 0 Å². The average Bonchev–Trinajstić information content (AvgIpc) is 3.15. The zero-order chi connectivity index (χ0) is 12.6. The minimum absolute atomic E-state index is 0.0188. The summed E-state index contributed by atoms with van der Waals surface area (Å²) < 4.78 is 27.5. The molecule has 1 aromatic carbocycles. The molecular formula is C13H18F2N2. The van der Waals surface area contributed by atoms with Crippen molar-refractivity contribution >= 4 is 5.69 Å². The van der Waals surface area contributed by atoms with E-state index < -0.39 is 11.6 Å². The Morgan fingerprint density at radius 1 is 1.35 bits per heavy atom. The molecule has 0 aliphatic heterocycles. The molecule has 94 valence electrons. The predicted molar refractivity (Wildman–Crippen MR) is 64.8 cm³/mol. The lowest BCUT2D eigenvalue weighted by Gasteiger charge is -2.27. The van der Waals surface area contributed by atoms with Crippen LogP contribution in [0.1, 0.15) is 25.3 Å². The van der Waals surface area contributed by atoms with Crippen molar-refractivity contribution in [3.05, 3.63) is 29.3 Å². The highest BCUT2D eigenvalue weighted by Gasteiger charge is 2.31. The van der Waals surface area contributed by atoms with E-state index in [1.807, 2.05) is 18.9 Å². The molecule has 0 spiro atoms. The summed E-state index contributed by atoms with van der Waals surface area (Å²) in [6.07, 6.45) is 2.35. The summed E-state index contributed by atoms with van der Waals surface area (Å²) in [7, 11) is 1.81. The number of benzene rings is 1. The molecule has 2 nitrogen and oxygen atoms in total. The molecule has 0 bridgehead atoms. The van der Waals surface area contributed by atoms with Gasteiger partial charge in [0, 0.05) is 25.2 Å². The van der Waals surface area contributed by atoms with Gasteiger partial charge in [-0.3, -0.25) is 0 Å². The number of nitrogens with two attached hydrogens (primary N) is 1. The molecule has 0 amide bonds. The van der Waals surface area contributed by atoms with Crippen LogP contribution in [0.15, 0.2) is 12.1 Å². The number of hydrogen-bond donors (Lipinski definition) is 1. The Bertz CT molecular complexity index is 416. The van der Waals surface area contributed by atoms with Crippen molar-refractivity contribution in [3.63, 3.8) is 0 Å². The van der Waals surface area contributed by atoms with E-state index in [0.717, 1.165) is 0 Å². The minimum Gasteiger partial charge on any atom is -0.369 e. The molecule has 1 aromatic rings. The van der Waals surface area contributed by atoms with Gasteiger partial charge in [0.2, 0.25) is 0 Å². The van der Waals surface area contributed by atoms with E-state index in [1.165, 1.54) is 12.8 Å². The summed E-state index contributed by atoms with van der Waals surface area (Å²) >= 11 is 0. The first kappa shape index (κ1) is 12.3. The molecular weight excluding hydrogens is 222 g/mol. The van der Waals surface area contributed by atoms with Crippen LogP contribution in [0.5, 0.6) is 0 Å². The lowest BCUT2D eigenvalue weighted by Crippen LogP contribution is -2.31. The summed E-state index contributed by atoms with van der Waals surface area (Å²) in [5, 5.41) is 0. The zero-order valence-electron chi connectivity index (χ0n) is 10.2. The van der Waals surface area contributed by atoms with Crippen LogP contribution < -0.4 is 10.6 Å². The van der Waals surface area contributed by atoms with Gasteiger partial charge in [-0.25, -0.2) is 8.78 Å². The van der Waals surface area contributed by atoms with E-state index in [-0.39, 0.29) is 18.2 Å². The quantitative estimate of drug-likeness (QED) is 0.876. The fourth-order valence-corrected chi connectivity index (χ4v) is 2.12. The van der Waals surface area contributed by atoms with Crippen molar-refractivity contribution in [2.45, 2.75) is 32.4 Å². The van der Waals surface area contributed by atoms with Crippen LogP contribution in [0.2, 0.25) is 0 Å². The fourth-order valence-electron chi connectivity index (χ4n) is 2.12. The lowest BCUT2D eigenvalue weighted by atomic mass is 10.1. The van der Waals surface area contributed by atoms with E-state index in [0.29, 0.717) is 11.6 Å². The third-order valence-corrected chi connectivity index (χ3v) is 3.66. The van der Waals surface area contributed by atoms with Gasteiger partial charge in [0.1, 0.15) is 0 Å². The Labute approximate surface area is 100 Å². The highest BCUT2D eigenvalue weighted by molar-refractivity contribution is 5.50. The molecule has 1 atom stereocenters. The van der Waals surface area contributed by atoms with Crippen molar-refractivity contribution in [3.8, 4) is 0 Å². The van der Waals surface area contributed by atoms with Gasteiger partial charge in [-0.05, 0) is 31.7 Å². The summed E-state index contributed by atoms with van der Waals surface area (Å²) in [4.78, 5) is 1.82. The van der Waals surface area contributed by atoms with Crippen LogP contribution in [-0.4, -0.2) is 13.1 Å². The van der Waals surface area contributed by atoms with E-state index in [1.54, 1.807) is 12.1 Å². The Morgan fingerprint density at radius 2 is 2.00 bits per heavy atom. The summed E-state index contributed by atoms with van der Waals surface area (Å²) in [6, 6.07) is 3.41. The fraction of sp³-hybridized carbons (Fsp3) is 0.538. The monoisotopic (exact) mass is 240 g/mol. The van der Waals surface area contributed by atoms with Gasteiger partial charge in [-0.1, -0.05) is 6.07 Å². The smallest absolute Gasteiger partial charge is 0.182 e. The van der Waals surface area contributed by atoms with Crippen molar-refractivity contribution < 1.29 is 8.78 Å². The Kier molecular flexibility index (Phi) is 3.33. The molecule has 4 heteroatoms. The van der Waals surface area contributed by atoms with Crippen LogP contribution in [0, 0.1) is 17.6 Å². The van der Waals surface area contributed by atoms with Crippen molar-refractivity contribution in [2.75, 3.05) is 11.9 Å². The van der Waals surface area contributed by atoms with Crippen LogP contribution in [-0.2, 0) is 6.54 Å². The minimum atomic E-state index is -0.820. The number of anilines is 1. The van der Waals surface area contributed by atoms with Crippen LogP contribution in [0.25, 0.3) is 0 Å². The highest BCUT2D eigenvalue weighted by atomic mass is 19.2. The number of rotatable bonds is 4. The maximum Gasteiger partial charge on any atom is 0.182 e. The Morgan fingerprint density at radius 3 is 2.53 bits per heavy atom. The summed E-state index contributed by atoms with van der Waals surface area (Å²) in [5.74, 6) is -1.00. The molecule has 17 heavy (non-hydrogen) atoms. The molecule has 1 fully saturated rings. The maximum atomic E-state index is 13.9. The van der Waals surface area contributed by atoms with Crippen LogP contribution in [0.4, 0.5) is 14.5 Å². The second-order valence-electron chi connectivity index (χ2n) is 4.76. The number of hydrogen-bond acceptors (Lipinski definition) is 2. The molecule has 1 aliphatic rings. The largest absolute Gasteiger partial charge is 0.369 e.